The van der Waals surface area contributed by atoms with E-state index in [4.69, 9.17) is 0 Å². The average Bonchev–Trinajstić information content (AvgIpc) is 3.22. The highest BCUT2D eigenvalue weighted by atomic mass is 32.1. The molecule has 0 aliphatic rings. The van der Waals surface area contributed by atoms with E-state index >= 15 is 0 Å². The smallest absolute Gasteiger partial charge is 0.262 e. The maximum atomic E-state index is 11.5. The number of nitrogens with one attached hydrogen (secondary N) is 1. The molecule has 0 aliphatic heterocycles. The van der Waals surface area contributed by atoms with E-state index < -0.39 is 0 Å². The molecule has 0 spiro atoms. The molecular weight excluding hydrogens is 296 g/mol. The van der Waals surface area contributed by atoms with Crippen LogP contribution in [0, 0.1) is 0 Å². The Kier molecular flexibility index (Phi) is 4.11. The Morgan fingerprint density at radius 2 is 2.05 bits per heavy atom. The third-order valence-corrected chi connectivity index (χ3v) is 4.01. The normalized spacial score (nSPS) is 11.0. The van der Waals surface area contributed by atoms with Crippen LogP contribution < -0.4 is 5.32 Å². The highest BCUT2D eigenvalue weighted by Gasteiger charge is 2.07. The Balaban J connectivity index is 1.84. The number of benzene rings is 1. The lowest BCUT2D eigenvalue weighted by Crippen LogP contribution is -2.16. The molecule has 5 nitrogen and oxygen atoms in total. The molecule has 110 valence electrons. The van der Waals surface area contributed by atoms with Crippen molar-refractivity contribution in [1.82, 2.24) is 19.9 Å². The van der Waals surface area contributed by atoms with Gasteiger partial charge in [0.2, 0.25) is 0 Å². The molecule has 0 saturated carbocycles. The maximum Gasteiger partial charge on any atom is 0.262 e. The minimum atomic E-state index is -0.122. The van der Waals surface area contributed by atoms with Gasteiger partial charge in [-0.15, -0.1) is 11.3 Å². The molecule has 0 aliphatic carbocycles. The summed E-state index contributed by atoms with van der Waals surface area (Å²) >= 11 is 1.34. The fourth-order valence-electron chi connectivity index (χ4n) is 1.98. The Hall–Kier alpha value is -2.73. The molecule has 1 aromatic carbocycles. The Bertz CT molecular complexity index is 804. The summed E-state index contributed by atoms with van der Waals surface area (Å²) in [6.07, 6.45) is 8.99. The molecule has 6 heteroatoms. The van der Waals surface area contributed by atoms with Crippen molar-refractivity contribution in [2.75, 3.05) is 7.05 Å². The van der Waals surface area contributed by atoms with Crippen LogP contribution in [-0.4, -0.2) is 27.5 Å². The monoisotopic (exact) mass is 310 g/mol. The Morgan fingerprint density at radius 1 is 1.23 bits per heavy atom. The molecule has 0 radical (unpaired) electrons. The molecule has 2 heterocycles. The Morgan fingerprint density at radius 3 is 2.82 bits per heavy atom. The summed E-state index contributed by atoms with van der Waals surface area (Å²) < 4.78 is 1.99. The third-order valence-electron chi connectivity index (χ3n) is 3.05. The predicted octanol–water partition coefficient (Wildman–Crippen LogP) is 2.86. The van der Waals surface area contributed by atoms with E-state index in [-0.39, 0.29) is 5.91 Å². The van der Waals surface area contributed by atoms with Gasteiger partial charge < -0.3 is 9.88 Å². The molecule has 1 amide bonds. The lowest BCUT2D eigenvalue weighted by molar-refractivity contribution is 0.0967. The lowest BCUT2D eigenvalue weighted by atomic mass is 10.3. The van der Waals surface area contributed by atoms with Gasteiger partial charge in [-0.3, -0.25) is 4.79 Å². The van der Waals surface area contributed by atoms with Crippen LogP contribution in [0.25, 0.3) is 17.8 Å². The number of carbonyl (C=O) groups excluding carboxylic acids is 1. The molecule has 0 atom stereocenters. The first-order valence-electron chi connectivity index (χ1n) is 6.72. The minimum absolute atomic E-state index is 0.122. The molecule has 22 heavy (non-hydrogen) atoms. The predicted molar refractivity (Wildman–Crippen MR) is 88.0 cm³/mol. The quantitative estimate of drug-likeness (QED) is 0.806. The minimum Gasteiger partial charge on any atom is -0.354 e. The van der Waals surface area contributed by atoms with Crippen LogP contribution in [0.1, 0.15) is 20.5 Å². The van der Waals surface area contributed by atoms with Gasteiger partial charge in [0, 0.05) is 25.1 Å². The van der Waals surface area contributed by atoms with Gasteiger partial charge in [-0.2, -0.15) is 0 Å². The van der Waals surface area contributed by atoms with Gasteiger partial charge in [0.1, 0.15) is 15.7 Å². The van der Waals surface area contributed by atoms with Gasteiger partial charge in [0.25, 0.3) is 5.91 Å². The number of amides is 1. The number of carbonyl (C=O) groups is 1. The molecule has 0 bridgehead atoms. The standard InChI is InChI=1S/C16H14N4OS/c1-17-16(21)13-11-19-15(22-13)8-7-14-18-9-10-20(14)12-5-3-2-4-6-12/h2-11H,1H3,(H,17,21)/b8-7+. The summed E-state index contributed by atoms with van der Waals surface area (Å²) in [6.45, 7) is 0. The zero-order chi connectivity index (χ0) is 15.4. The van der Waals surface area contributed by atoms with Gasteiger partial charge in [0.05, 0.1) is 6.20 Å². The van der Waals surface area contributed by atoms with E-state index in [2.05, 4.69) is 15.3 Å². The molecule has 2 aromatic heterocycles. The van der Waals surface area contributed by atoms with Crippen LogP contribution in [0.2, 0.25) is 0 Å². The van der Waals surface area contributed by atoms with Crippen LogP contribution in [0.3, 0.4) is 0 Å². The van der Waals surface area contributed by atoms with E-state index in [1.54, 1.807) is 19.4 Å². The van der Waals surface area contributed by atoms with Crippen molar-refractivity contribution in [2.45, 2.75) is 0 Å². The number of hydrogen-bond donors (Lipinski definition) is 1. The van der Waals surface area contributed by atoms with Gasteiger partial charge in [-0.05, 0) is 24.3 Å². The summed E-state index contributed by atoms with van der Waals surface area (Å²) in [5, 5.41) is 3.35. The van der Waals surface area contributed by atoms with Gasteiger partial charge in [0.15, 0.2) is 0 Å². The number of aromatic nitrogens is 3. The largest absolute Gasteiger partial charge is 0.354 e. The topological polar surface area (TPSA) is 59.8 Å². The van der Waals surface area contributed by atoms with Crippen LogP contribution >= 0.6 is 11.3 Å². The van der Waals surface area contributed by atoms with Gasteiger partial charge in [-0.1, -0.05) is 18.2 Å². The molecule has 3 rings (SSSR count). The number of para-hydroxylation sites is 1. The van der Waals surface area contributed by atoms with E-state index in [0.29, 0.717) is 4.88 Å². The van der Waals surface area contributed by atoms with Crippen molar-refractivity contribution in [2.24, 2.45) is 0 Å². The Labute approximate surface area is 132 Å². The molecule has 0 unspecified atom stereocenters. The van der Waals surface area contributed by atoms with E-state index in [1.807, 2.05) is 53.2 Å². The first-order valence-corrected chi connectivity index (χ1v) is 7.54. The van der Waals surface area contributed by atoms with Crippen molar-refractivity contribution < 1.29 is 4.79 Å². The van der Waals surface area contributed by atoms with Crippen LogP contribution in [0.4, 0.5) is 0 Å². The van der Waals surface area contributed by atoms with Gasteiger partial charge >= 0.3 is 0 Å². The van der Waals surface area contributed by atoms with E-state index in [9.17, 15) is 4.79 Å². The summed E-state index contributed by atoms with van der Waals surface area (Å²) in [7, 11) is 1.61. The summed E-state index contributed by atoms with van der Waals surface area (Å²) in [4.78, 5) is 20.7. The first-order chi connectivity index (χ1) is 10.8. The molecule has 0 fully saturated rings. The van der Waals surface area contributed by atoms with E-state index in [0.717, 1.165) is 16.5 Å². The van der Waals surface area contributed by atoms with Crippen molar-refractivity contribution in [3.63, 3.8) is 0 Å². The number of hydrogen-bond acceptors (Lipinski definition) is 4. The third kappa shape index (κ3) is 2.96. The number of nitrogens with zero attached hydrogens (tertiary/aromatic N) is 3. The second-order valence-electron chi connectivity index (χ2n) is 4.47. The van der Waals surface area contributed by atoms with Crippen LogP contribution in [0.5, 0.6) is 0 Å². The molecular formula is C16H14N4OS. The molecule has 0 saturated heterocycles. The highest BCUT2D eigenvalue weighted by molar-refractivity contribution is 7.14. The fourth-order valence-corrected chi connectivity index (χ4v) is 2.75. The van der Waals surface area contributed by atoms with Crippen molar-refractivity contribution in [3.05, 3.63) is 64.6 Å². The summed E-state index contributed by atoms with van der Waals surface area (Å²) in [5.41, 5.74) is 1.05. The van der Waals surface area contributed by atoms with Crippen molar-refractivity contribution in [1.29, 1.82) is 0 Å². The second kappa shape index (κ2) is 6.36. The van der Waals surface area contributed by atoms with Crippen LogP contribution in [0.15, 0.2) is 48.9 Å². The molecule has 3 aromatic rings. The summed E-state index contributed by atoms with van der Waals surface area (Å²) in [6, 6.07) is 9.99. The van der Waals surface area contributed by atoms with Gasteiger partial charge in [-0.25, -0.2) is 9.97 Å². The maximum absolute atomic E-state index is 11.5. The van der Waals surface area contributed by atoms with Crippen molar-refractivity contribution >= 4 is 29.4 Å². The number of rotatable bonds is 4. The van der Waals surface area contributed by atoms with E-state index in [1.165, 1.54) is 11.3 Å². The second-order valence-corrected chi connectivity index (χ2v) is 5.53. The highest BCUT2D eigenvalue weighted by Crippen LogP contribution is 2.17. The fraction of sp³-hybridized carbons (Fsp3) is 0.0625. The number of imidazole rings is 1. The zero-order valence-electron chi connectivity index (χ0n) is 11.9. The average molecular weight is 310 g/mol. The first kappa shape index (κ1) is 14.2. The van der Waals surface area contributed by atoms with Crippen LogP contribution in [-0.2, 0) is 0 Å². The number of thiazole rings is 1. The lowest BCUT2D eigenvalue weighted by Gasteiger charge is -2.03. The zero-order valence-corrected chi connectivity index (χ0v) is 12.7. The molecule has 1 N–H and O–H groups in total. The summed E-state index contributed by atoms with van der Waals surface area (Å²) in [5.74, 6) is 0.686. The SMILES string of the molecule is CNC(=O)c1cnc(/C=C/c2nccn2-c2ccccc2)s1. The van der Waals surface area contributed by atoms with Crippen molar-refractivity contribution in [3.8, 4) is 5.69 Å².